The van der Waals surface area contributed by atoms with Crippen LogP contribution in [0.3, 0.4) is 0 Å². The van der Waals surface area contributed by atoms with Gasteiger partial charge in [0.1, 0.15) is 0 Å². The third-order valence-corrected chi connectivity index (χ3v) is 4.63. The van der Waals surface area contributed by atoms with E-state index in [0.717, 1.165) is 19.6 Å². The van der Waals surface area contributed by atoms with E-state index in [0.29, 0.717) is 0 Å². The second kappa shape index (κ2) is 6.54. The summed E-state index contributed by atoms with van der Waals surface area (Å²) in [6.45, 7) is 3.88. The molecule has 2 heterocycles. The third kappa shape index (κ3) is 2.72. The first-order chi connectivity index (χ1) is 11.9. The van der Waals surface area contributed by atoms with E-state index in [4.69, 9.17) is 4.74 Å². The highest BCUT2D eigenvalue weighted by molar-refractivity contribution is 5.49. The molecule has 1 aliphatic rings. The van der Waals surface area contributed by atoms with Crippen molar-refractivity contribution in [3.05, 3.63) is 84.2 Å². The average molecular weight is 318 g/mol. The van der Waals surface area contributed by atoms with Crippen molar-refractivity contribution in [2.45, 2.75) is 19.6 Å². The summed E-state index contributed by atoms with van der Waals surface area (Å²) in [5.41, 5.74) is 5.01. The number of hydrogen-bond acceptors (Lipinski definition) is 2. The maximum atomic E-state index is 6.02. The van der Waals surface area contributed by atoms with Crippen molar-refractivity contribution in [1.82, 2.24) is 4.57 Å². The van der Waals surface area contributed by atoms with Crippen LogP contribution in [0.2, 0.25) is 0 Å². The van der Waals surface area contributed by atoms with Crippen molar-refractivity contribution in [2.24, 2.45) is 0 Å². The van der Waals surface area contributed by atoms with Crippen molar-refractivity contribution < 1.29 is 4.74 Å². The average Bonchev–Trinajstić information content (AvgIpc) is 3.31. The van der Waals surface area contributed by atoms with E-state index in [2.05, 4.69) is 83.4 Å². The standard InChI is InChI=1S/C21H22N2O/c1-2-17-8-6-7-11-20(17)22-13-12-18(16-22)21-23(14-15-24-21)19-9-4-3-5-10-19/h3-13,16,21H,2,14-15H2,1H3. The molecule has 3 aromatic rings. The number of benzene rings is 2. The van der Waals surface area contributed by atoms with Gasteiger partial charge in [-0.2, -0.15) is 0 Å². The van der Waals surface area contributed by atoms with Crippen molar-refractivity contribution in [3.63, 3.8) is 0 Å². The van der Waals surface area contributed by atoms with Gasteiger partial charge in [0.05, 0.1) is 6.61 Å². The highest BCUT2D eigenvalue weighted by Crippen LogP contribution is 2.32. The van der Waals surface area contributed by atoms with E-state index in [-0.39, 0.29) is 6.23 Å². The molecule has 3 nitrogen and oxygen atoms in total. The first-order valence-corrected chi connectivity index (χ1v) is 8.56. The minimum absolute atomic E-state index is 0.0116. The lowest BCUT2D eigenvalue weighted by atomic mass is 10.1. The summed E-state index contributed by atoms with van der Waals surface area (Å²) in [6.07, 6.45) is 5.34. The highest BCUT2D eigenvalue weighted by Gasteiger charge is 2.27. The van der Waals surface area contributed by atoms with Crippen LogP contribution in [-0.2, 0) is 11.2 Å². The van der Waals surface area contributed by atoms with Gasteiger partial charge in [-0.15, -0.1) is 0 Å². The Bertz CT molecular complexity index is 809. The number of hydrogen-bond donors (Lipinski definition) is 0. The lowest BCUT2D eigenvalue weighted by Crippen LogP contribution is -2.22. The van der Waals surface area contributed by atoms with Gasteiger partial charge in [0, 0.05) is 35.9 Å². The Morgan fingerprint density at radius 2 is 1.79 bits per heavy atom. The minimum atomic E-state index is -0.0116. The van der Waals surface area contributed by atoms with Gasteiger partial charge < -0.3 is 14.2 Å². The van der Waals surface area contributed by atoms with Gasteiger partial charge in [-0.1, -0.05) is 43.3 Å². The number of ether oxygens (including phenoxy) is 1. The summed E-state index contributed by atoms with van der Waals surface area (Å²) in [7, 11) is 0. The van der Waals surface area contributed by atoms with Crippen LogP contribution >= 0.6 is 0 Å². The predicted molar refractivity (Wildman–Crippen MR) is 97.6 cm³/mol. The summed E-state index contributed by atoms with van der Waals surface area (Å²) in [4.78, 5) is 2.32. The van der Waals surface area contributed by atoms with E-state index < -0.39 is 0 Å². The zero-order valence-corrected chi connectivity index (χ0v) is 13.9. The van der Waals surface area contributed by atoms with Crippen LogP contribution in [0.5, 0.6) is 0 Å². The van der Waals surface area contributed by atoms with Gasteiger partial charge in [0.25, 0.3) is 0 Å². The molecule has 1 aliphatic heterocycles. The molecule has 0 amide bonds. The predicted octanol–water partition coefficient (Wildman–Crippen LogP) is 4.58. The fourth-order valence-corrected chi connectivity index (χ4v) is 3.40. The molecular formula is C21H22N2O. The largest absolute Gasteiger partial charge is 0.352 e. The Labute approximate surface area is 143 Å². The monoisotopic (exact) mass is 318 g/mol. The van der Waals surface area contributed by atoms with Crippen LogP contribution in [0.15, 0.2) is 73.1 Å². The molecule has 0 aliphatic carbocycles. The van der Waals surface area contributed by atoms with Crippen molar-refractivity contribution in [3.8, 4) is 5.69 Å². The van der Waals surface area contributed by atoms with Gasteiger partial charge in [-0.05, 0) is 36.2 Å². The van der Waals surface area contributed by atoms with Crippen molar-refractivity contribution >= 4 is 5.69 Å². The maximum absolute atomic E-state index is 6.02. The number of anilines is 1. The van der Waals surface area contributed by atoms with Crippen molar-refractivity contribution in [2.75, 3.05) is 18.1 Å². The van der Waals surface area contributed by atoms with Crippen LogP contribution in [0.25, 0.3) is 5.69 Å². The topological polar surface area (TPSA) is 17.4 Å². The molecular weight excluding hydrogens is 296 g/mol. The van der Waals surface area contributed by atoms with Crippen molar-refractivity contribution in [1.29, 1.82) is 0 Å². The zero-order valence-electron chi connectivity index (χ0n) is 13.9. The van der Waals surface area contributed by atoms with E-state index >= 15 is 0 Å². The van der Waals surface area contributed by atoms with E-state index in [1.807, 2.05) is 6.07 Å². The van der Waals surface area contributed by atoms with Gasteiger partial charge in [-0.25, -0.2) is 0 Å². The molecule has 1 atom stereocenters. The highest BCUT2D eigenvalue weighted by atomic mass is 16.5. The minimum Gasteiger partial charge on any atom is -0.352 e. The molecule has 0 N–H and O–H groups in total. The zero-order chi connectivity index (χ0) is 16.4. The summed E-state index contributed by atoms with van der Waals surface area (Å²) in [5.74, 6) is 0. The quantitative estimate of drug-likeness (QED) is 0.701. The van der Waals surface area contributed by atoms with E-state index in [1.165, 1.54) is 22.5 Å². The number of aryl methyl sites for hydroxylation is 1. The van der Waals surface area contributed by atoms with E-state index in [1.54, 1.807) is 0 Å². The second-order valence-corrected chi connectivity index (χ2v) is 6.09. The molecule has 1 saturated heterocycles. The fraction of sp³-hybridized carbons (Fsp3) is 0.238. The van der Waals surface area contributed by atoms with Crippen LogP contribution in [-0.4, -0.2) is 17.7 Å². The first-order valence-electron chi connectivity index (χ1n) is 8.56. The SMILES string of the molecule is CCc1ccccc1-n1ccc(C2OCCN2c2ccccc2)c1. The van der Waals surface area contributed by atoms with Gasteiger partial charge in [-0.3, -0.25) is 0 Å². The van der Waals surface area contributed by atoms with E-state index in [9.17, 15) is 0 Å². The molecule has 0 bridgehead atoms. The Balaban J connectivity index is 1.65. The molecule has 0 saturated carbocycles. The summed E-state index contributed by atoms with van der Waals surface area (Å²) < 4.78 is 8.23. The summed E-state index contributed by atoms with van der Waals surface area (Å²) in [6, 6.07) is 21.2. The Morgan fingerprint density at radius 1 is 1.00 bits per heavy atom. The second-order valence-electron chi connectivity index (χ2n) is 6.09. The lowest BCUT2D eigenvalue weighted by Gasteiger charge is -2.24. The van der Waals surface area contributed by atoms with Crippen LogP contribution in [0, 0.1) is 0 Å². The molecule has 1 unspecified atom stereocenters. The number of para-hydroxylation sites is 2. The Morgan fingerprint density at radius 3 is 2.62 bits per heavy atom. The van der Waals surface area contributed by atoms with Gasteiger partial charge in [0.2, 0.25) is 0 Å². The van der Waals surface area contributed by atoms with Gasteiger partial charge in [0.15, 0.2) is 6.23 Å². The van der Waals surface area contributed by atoms with Gasteiger partial charge >= 0.3 is 0 Å². The fourth-order valence-electron chi connectivity index (χ4n) is 3.40. The Hall–Kier alpha value is -2.52. The number of aromatic nitrogens is 1. The molecule has 24 heavy (non-hydrogen) atoms. The van der Waals surface area contributed by atoms with Crippen LogP contribution in [0.1, 0.15) is 24.3 Å². The van der Waals surface area contributed by atoms with Crippen LogP contribution in [0.4, 0.5) is 5.69 Å². The smallest absolute Gasteiger partial charge is 0.158 e. The number of nitrogens with zero attached hydrogens (tertiary/aromatic N) is 2. The molecule has 3 heteroatoms. The normalized spacial score (nSPS) is 17.4. The molecule has 4 rings (SSSR count). The first kappa shape index (κ1) is 15.0. The van der Waals surface area contributed by atoms with Crippen LogP contribution < -0.4 is 4.90 Å². The molecule has 0 radical (unpaired) electrons. The summed E-state index contributed by atoms with van der Waals surface area (Å²) in [5, 5.41) is 0. The Kier molecular flexibility index (Phi) is 4.09. The maximum Gasteiger partial charge on any atom is 0.158 e. The summed E-state index contributed by atoms with van der Waals surface area (Å²) >= 11 is 0. The molecule has 122 valence electrons. The molecule has 1 fully saturated rings. The lowest BCUT2D eigenvalue weighted by molar-refractivity contribution is 0.114. The number of rotatable bonds is 4. The molecule has 0 spiro atoms. The third-order valence-electron chi connectivity index (χ3n) is 4.63. The molecule has 1 aromatic heterocycles. The molecule has 2 aromatic carbocycles.